The highest BCUT2D eigenvalue weighted by atomic mass is 35.7. The quantitative estimate of drug-likeness (QED) is 0.477. The lowest BCUT2D eigenvalue weighted by Gasteiger charge is -2.09. The van der Waals surface area contributed by atoms with Crippen molar-refractivity contribution < 1.29 is 26.9 Å². The third kappa shape index (κ3) is 3.27. The summed E-state index contributed by atoms with van der Waals surface area (Å²) in [7, 11) is 0.290. The molecular weight excluding hydrogens is 310 g/mol. The smallest absolute Gasteiger partial charge is 0.387 e. The highest BCUT2D eigenvalue weighted by molar-refractivity contribution is 8.13. The van der Waals surface area contributed by atoms with E-state index in [0.29, 0.717) is 12.1 Å². The number of rotatable bonds is 4. The summed E-state index contributed by atoms with van der Waals surface area (Å²) in [5, 5.41) is 19.4. The Morgan fingerprint density at radius 1 is 1.47 bits per heavy atom. The van der Waals surface area contributed by atoms with Gasteiger partial charge in [0.1, 0.15) is 16.7 Å². The predicted octanol–water partition coefficient (Wildman–Crippen LogP) is 2.00. The van der Waals surface area contributed by atoms with Gasteiger partial charge in [0.25, 0.3) is 14.7 Å². The number of nitrogens with zero attached hydrogens (tertiary/aromatic N) is 2. The molecule has 0 saturated carbocycles. The first kappa shape index (κ1) is 15.1. The maximum absolute atomic E-state index is 12.1. The zero-order chi connectivity index (χ0) is 14.8. The molecule has 0 aliphatic rings. The molecule has 0 heterocycles. The van der Waals surface area contributed by atoms with Crippen LogP contribution < -0.4 is 4.74 Å². The zero-order valence-electron chi connectivity index (χ0n) is 8.71. The van der Waals surface area contributed by atoms with Crippen molar-refractivity contribution in [3.8, 4) is 11.8 Å². The van der Waals surface area contributed by atoms with Gasteiger partial charge in [-0.1, -0.05) is 0 Å². The molecule has 7 nitrogen and oxygen atoms in total. The van der Waals surface area contributed by atoms with Gasteiger partial charge in [-0.05, 0) is 6.07 Å². The number of hydrogen-bond donors (Lipinski definition) is 0. The molecule has 19 heavy (non-hydrogen) atoms. The maximum atomic E-state index is 12.1. The van der Waals surface area contributed by atoms with Crippen LogP contribution in [0.1, 0.15) is 5.56 Å². The Hall–Kier alpha value is -1.99. The van der Waals surface area contributed by atoms with E-state index in [2.05, 4.69) is 4.74 Å². The fourth-order valence-corrected chi connectivity index (χ4v) is 2.45. The van der Waals surface area contributed by atoms with E-state index in [1.54, 1.807) is 0 Å². The van der Waals surface area contributed by atoms with Gasteiger partial charge in [-0.3, -0.25) is 10.1 Å². The van der Waals surface area contributed by atoms with Crippen LogP contribution in [0.2, 0.25) is 0 Å². The molecule has 0 unspecified atom stereocenters. The van der Waals surface area contributed by atoms with Crippen molar-refractivity contribution in [2.75, 3.05) is 0 Å². The Kier molecular flexibility index (Phi) is 4.23. The van der Waals surface area contributed by atoms with Crippen molar-refractivity contribution >= 4 is 25.4 Å². The second kappa shape index (κ2) is 5.33. The van der Waals surface area contributed by atoms with E-state index in [9.17, 15) is 27.3 Å². The van der Waals surface area contributed by atoms with Gasteiger partial charge in [-0.2, -0.15) is 14.0 Å². The number of nitriles is 1. The van der Waals surface area contributed by atoms with Gasteiger partial charge in [0.2, 0.25) is 0 Å². The average Bonchev–Trinajstić information content (AvgIpc) is 2.25. The van der Waals surface area contributed by atoms with Crippen molar-refractivity contribution in [2.45, 2.75) is 11.5 Å². The first-order chi connectivity index (χ1) is 8.68. The molecule has 0 N–H and O–H groups in total. The molecule has 1 aromatic rings. The summed E-state index contributed by atoms with van der Waals surface area (Å²) in [6.45, 7) is -3.38. The number of ether oxygens (including phenoxy) is 1. The minimum absolute atomic E-state index is 0.625. The SMILES string of the molecule is N#Cc1c([N+](=O)[O-])ccc(OC(F)F)c1S(=O)(=O)Cl. The lowest BCUT2D eigenvalue weighted by molar-refractivity contribution is -0.385. The maximum Gasteiger partial charge on any atom is 0.387 e. The topological polar surface area (TPSA) is 110 Å². The predicted molar refractivity (Wildman–Crippen MR) is 57.5 cm³/mol. The van der Waals surface area contributed by atoms with Crippen LogP contribution in [0.25, 0.3) is 0 Å². The highest BCUT2D eigenvalue weighted by Crippen LogP contribution is 2.36. The molecule has 0 aromatic heterocycles. The van der Waals surface area contributed by atoms with Crippen LogP contribution >= 0.6 is 10.7 Å². The summed E-state index contributed by atoms with van der Waals surface area (Å²) in [6.07, 6.45) is 0. The first-order valence-corrected chi connectivity index (χ1v) is 6.60. The Morgan fingerprint density at radius 2 is 2.05 bits per heavy atom. The van der Waals surface area contributed by atoms with Crippen molar-refractivity contribution in [1.82, 2.24) is 0 Å². The molecule has 102 valence electrons. The third-order valence-electron chi connectivity index (χ3n) is 1.87. The molecule has 0 amide bonds. The average molecular weight is 313 g/mol. The standard InChI is InChI=1S/C8H3ClF2N2O5S/c9-19(16,17)7-4(3-12)5(13(14)15)1-2-6(7)18-8(10)11/h1-2,8H. The van der Waals surface area contributed by atoms with E-state index in [4.69, 9.17) is 15.9 Å². The van der Waals surface area contributed by atoms with Gasteiger partial charge in [0, 0.05) is 16.7 Å². The van der Waals surface area contributed by atoms with E-state index in [1.807, 2.05) is 0 Å². The fourth-order valence-electron chi connectivity index (χ4n) is 1.24. The number of alkyl halides is 2. The number of benzene rings is 1. The van der Waals surface area contributed by atoms with Gasteiger partial charge >= 0.3 is 6.61 Å². The summed E-state index contributed by atoms with van der Waals surface area (Å²) in [4.78, 5) is 8.41. The van der Waals surface area contributed by atoms with Crippen LogP contribution in [-0.4, -0.2) is 20.0 Å². The summed E-state index contributed by atoms with van der Waals surface area (Å²) < 4.78 is 50.6. The first-order valence-electron chi connectivity index (χ1n) is 4.29. The van der Waals surface area contributed by atoms with E-state index in [0.717, 1.165) is 0 Å². The summed E-state index contributed by atoms with van der Waals surface area (Å²) in [6, 6.07) is 2.53. The van der Waals surface area contributed by atoms with Crippen LogP contribution in [-0.2, 0) is 9.05 Å². The summed E-state index contributed by atoms with van der Waals surface area (Å²) >= 11 is 0. The van der Waals surface area contributed by atoms with Gasteiger partial charge < -0.3 is 4.74 Å². The molecule has 0 aliphatic heterocycles. The summed E-state index contributed by atoms with van der Waals surface area (Å²) in [5.41, 5.74) is -1.86. The van der Waals surface area contributed by atoms with Crippen molar-refractivity contribution in [3.63, 3.8) is 0 Å². The summed E-state index contributed by atoms with van der Waals surface area (Å²) in [5.74, 6) is -0.938. The van der Waals surface area contributed by atoms with E-state index in [-0.39, 0.29) is 0 Å². The monoisotopic (exact) mass is 312 g/mol. The van der Waals surface area contributed by atoms with Crippen molar-refractivity contribution in [3.05, 3.63) is 27.8 Å². The van der Waals surface area contributed by atoms with Gasteiger partial charge in [0.15, 0.2) is 5.56 Å². The van der Waals surface area contributed by atoms with Crippen LogP contribution in [0.5, 0.6) is 5.75 Å². The molecular formula is C8H3ClF2N2O5S. The molecule has 0 fully saturated rings. The van der Waals surface area contributed by atoms with Crippen LogP contribution in [0.3, 0.4) is 0 Å². The number of nitro benzene ring substituents is 1. The minimum atomic E-state index is -4.69. The minimum Gasteiger partial charge on any atom is -0.433 e. The van der Waals surface area contributed by atoms with Crippen molar-refractivity contribution in [1.29, 1.82) is 5.26 Å². The second-order valence-electron chi connectivity index (χ2n) is 2.97. The van der Waals surface area contributed by atoms with Gasteiger partial charge in [-0.25, -0.2) is 8.42 Å². The Labute approximate surface area is 109 Å². The lowest BCUT2D eigenvalue weighted by Crippen LogP contribution is -2.08. The van der Waals surface area contributed by atoms with E-state index >= 15 is 0 Å². The number of hydrogen-bond acceptors (Lipinski definition) is 6. The molecule has 1 aromatic carbocycles. The van der Waals surface area contributed by atoms with E-state index < -0.39 is 42.5 Å². The highest BCUT2D eigenvalue weighted by Gasteiger charge is 2.30. The Balaban J connectivity index is 3.72. The van der Waals surface area contributed by atoms with Crippen LogP contribution in [0.15, 0.2) is 17.0 Å². The Bertz CT molecular complexity index is 670. The van der Waals surface area contributed by atoms with Crippen LogP contribution in [0.4, 0.5) is 14.5 Å². The number of halogens is 3. The van der Waals surface area contributed by atoms with E-state index in [1.165, 1.54) is 6.07 Å². The fraction of sp³-hybridized carbons (Fsp3) is 0.125. The largest absolute Gasteiger partial charge is 0.433 e. The molecule has 1 rings (SSSR count). The molecule has 0 bridgehead atoms. The number of nitro groups is 1. The Morgan fingerprint density at radius 3 is 2.42 bits per heavy atom. The van der Waals surface area contributed by atoms with Gasteiger partial charge in [-0.15, -0.1) is 0 Å². The zero-order valence-corrected chi connectivity index (χ0v) is 10.3. The normalized spacial score (nSPS) is 11.1. The third-order valence-corrected chi connectivity index (χ3v) is 3.22. The molecule has 11 heteroatoms. The van der Waals surface area contributed by atoms with Gasteiger partial charge in [0.05, 0.1) is 4.92 Å². The molecule has 0 saturated heterocycles. The second-order valence-corrected chi connectivity index (χ2v) is 5.47. The van der Waals surface area contributed by atoms with Crippen LogP contribution in [0, 0.1) is 21.4 Å². The molecule has 0 atom stereocenters. The molecule has 0 spiro atoms. The lowest BCUT2D eigenvalue weighted by atomic mass is 10.2. The van der Waals surface area contributed by atoms with Crippen molar-refractivity contribution in [2.24, 2.45) is 0 Å². The molecule has 0 aliphatic carbocycles. The molecule has 0 radical (unpaired) electrons.